The summed E-state index contributed by atoms with van der Waals surface area (Å²) in [5.41, 5.74) is 1.10. The summed E-state index contributed by atoms with van der Waals surface area (Å²) in [6.45, 7) is 6.67. The van der Waals surface area contributed by atoms with Crippen LogP contribution in [-0.2, 0) is 19.1 Å². The first-order valence-electron chi connectivity index (χ1n) is 7.63. The maximum atomic E-state index is 12.1. The quantitative estimate of drug-likeness (QED) is 0.748. The van der Waals surface area contributed by atoms with E-state index in [2.05, 4.69) is 10.6 Å². The van der Waals surface area contributed by atoms with Crippen LogP contribution in [0.2, 0.25) is 0 Å². The molecule has 1 aliphatic heterocycles. The molecule has 0 bridgehead atoms. The number of hydrogen-bond donors (Lipinski definition) is 2. The monoisotopic (exact) mass is 322 g/mol. The number of hydrogen-bond acceptors (Lipinski definition) is 5. The van der Waals surface area contributed by atoms with Crippen LogP contribution in [0, 0.1) is 0 Å². The van der Waals surface area contributed by atoms with Gasteiger partial charge in [0.25, 0.3) is 11.8 Å². The summed E-state index contributed by atoms with van der Waals surface area (Å²) in [6, 6.07) is 5.08. The molecule has 2 atom stereocenters. The van der Waals surface area contributed by atoms with Gasteiger partial charge in [0.2, 0.25) is 0 Å². The van der Waals surface area contributed by atoms with Gasteiger partial charge in [-0.3, -0.25) is 9.59 Å². The van der Waals surface area contributed by atoms with E-state index in [9.17, 15) is 9.59 Å². The van der Waals surface area contributed by atoms with Crippen LogP contribution in [0.15, 0.2) is 18.2 Å². The van der Waals surface area contributed by atoms with Gasteiger partial charge in [-0.05, 0) is 39.0 Å². The molecule has 0 aromatic heterocycles. The van der Waals surface area contributed by atoms with Gasteiger partial charge in [0, 0.05) is 12.3 Å². The van der Waals surface area contributed by atoms with Crippen molar-refractivity contribution in [3.63, 3.8) is 0 Å². The van der Waals surface area contributed by atoms with Crippen molar-refractivity contribution in [2.45, 2.75) is 33.0 Å². The van der Waals surface area contributed by atoms with Crippen LogP contribution in [-0.4, -0.2) is 43.8 Å². The average Bonchev–Trinajstić information content (AvgIpc) is 2.52. The molecule has 2 amide bonds. The summed E-state index contributed by atoms with van der Waals surface area (Å²) in [4.78, 5) is 23.7. The standard InChI is InChI=1S/C16H22N2O5/c1-4-21-7-8-22-10(2)15(19)17-12-5-6-14-13(9-12)18-16(20)11(3)23-14/h5-6,9-11H,4,7-8H2,1-3H3,(H,17,19)(H,18,20). The second-order valence-corrected chi connectivity index (χ2v) is 5.16. The topological polar surface area (TPSA) is 85.9 Å². The SMILES string of the molecule is CCOCCOC(C)C(=O)Nc1ccc2c(c1)NC(=O)C(C)O2. The Morgan fingerprint density at radius 1 is 1.43 bits per heavy atom. The summed E-state index contributed by atoms with van der Waals surface area (Å²) in [6.07, 6.45) is -1.13. The maximum Gasteiger partial charge on any atom is 0.265 e. The van der Waals surface area contributed by atoms with Crippen LogP contribution >= 0.6 is 0 Å². The molecular formula is C16H22N2O5. The molecule has 1 aromatic carbocycles. The smallest absolute Gasteiger partial charge is 0.265 e. The summed E-state index contributed by atoms with van der Waals surface area (Å²) in [5.74, 6) is 0.0996. The Bertz CT molecular complexity index is 576. The average molecular weight is 322 g/mol. The van der Waals surface area contributed by atoms with E-state index in [1.54, 1.807) is 32.0 Å². The van der Waals surface area contributed by atoms with Crippen molar-refractivity contribution < 1.29 is 23.8 Å². The first-order chi connectivity index (χ1) is 11.0. The van der Waals surface area contributed by atoms with Crippen molar-refractivity contribution in [3.05, 3.63) is 18.2 Å². The lowest BCUT2D eigenvalue weighted by atomic mass is 10.2. The number of carbonyl (C=O) groups is 2. The van der Waals surface area contributed by atoms with Gasteiger partial charge in [-0.25, -0.2) is 0 Å². The van der Waals surface area contributed by atoms with Crippen molar-refractivity contribution in [1.82, 2.24) is 0 Å². The van der Waals surface area contributed by atoms with E-state index in [-0.39, 0.29) is 11.8 Å². The Labute approximate surface area is 135 Å². The van der Waals surface area contributed by atoms with Crippen molar-refractivity contribution in [2.24, 2.45) is 0 Å². The second kappa shape index (κ2) is 7.94. The molecule has 0 fully saturated rings. The predicted molar refractivity (Wildman–Crippen MR) is 85.7 cm³/mol. The zero-order valence-electron chi connectivity index (χ0n) is 13.5. The van der Waals surface area contributed by atoms with Gasteiger partial charge in [0.1, 0.15) is 11.9 Å². The lowest BCUT2D eigenvalue weighted by molar-refractivity contribution is -0.127. The van der Waals surface area contributed by atoms with Gasteiger partial charge in [-0.1, -0.05) is 0 Å². The Morgan fingerprint density at radius 3 is 2.96 bits per heavy atom. The van der Waals surface area contributed by atoms with Crippen molar-refractivity contribution >= 4 is 23.2 Å². The first-order valence-corrected chi connectivity index (χ1v) is 7.63. The molecule has 1 heterocycles. The summed E-state index contributed by atoms with van der Waals surface area (Å²) in [7, 11) is 0. The van der Waals surface area contributed by atoms with Crippen LogP contribution in [0.3, 0.4) is 0 Å². The molecule has 0 saturated carbocycles. The third-order valence-electron chi connectivity index (χ3n) is 3.35. The van der Waals surface area contributed by atoms with Crippen molar-refractivity contribution in [1.29, 1.82) is 0 Å². The molecular weight excluding hydrogens is 300 g/mol. The predicted octanol–water partition coefficient (Wildman–Crippen LogP) is 1.79. The van der Waals surface area contributed by atoms with Gasteiger partial charge in [-0.2, -0.15) is 0 Å². The molecule has 2 unspecified atom stereocenters. The van der Waals surface area contributed by atoms with Crippen LogP contribution in [0.4, 0.5) is 11.4 Å². The Kier molecular flexibility index (Phi) is 5.95. The van der Waals surface area contributed by atoms with Crippen LogP contribution in [0.5, 0.6) is 5.75 Å². The summed E-state index contributed by atoms with van der Waals surface area (Å²) >= 11 is 0. The highest BCUT2D eigenvalue weighted by Crippen LogP contribution is 2.32. The fourth-order valence-corrected chi connectivity index (χ4v) is 2.03. The van der Waals surface area contributed by atoms with E-state index in [0.717, 1.165) is 0 Å². The van der Waals surface area contributed by atoms with Crippen LogP contribution in [0.25, 0.3) is 0 Å². The van der Waals surface area contributed by atoms with E-state index < -0.39 is 12.2 Å². The lowest BCUT2D eigenvalue weighted by Gasteiger charge is -2.24. The van der Waals surface area contributed by atoms with Crippen LogP contribution in [0.1, 0.15) is 20.8 Å². The molecule has 1 aliphatic rings. The Hall–Kier alpha value is -2.12. The first kappa shape index (κ1) is 17.2. The van der Waals surface area contributed by atoms with E-state index in [1.165, 1.54) is 0 Å². The summed E-state index contributed by atoms with van der Waals surface area (Å²) in [5, 5.41) is 5.48. The Balaban J connectivity index is 1.91. The highest BCUT2D eigenvalue weighted by Gasteiger charge is 2.24. The largest absolute Gasteiger partial charge is 0.479 e. The minimum atomic E-state index is -0.600. The van der Waals surface area contributed by atoms with Crippen molar-refractivity contribution in [3.8, 4) is 5.75 Å². The molecule has 0 radical (unpaired) electrons. The normalized spacial score (nSPS) is 17.7. The minimum absolute atomic E-state index is 0.214. The van der Waals surface area contributed by atoms with E-state index in [1.807, 2.05) is 6.92 Å². The molecule has 126 valence electrons. The van der Waals surface area contributed by atoms with Gasteiger partial charge in [0.15, 0.2) is 6.10 Å². The second-order valence-electron chi connectivity index (χ2n) is 5.16. The van der Waals surface area contributed by atoms with Gasteiger partial charge >= 0.3 is 0 Å². The van der Waals surface area contributed by atoms with Crippen molar-refractivity contribution in [2.75, 3.05) is 30.5 Å². The molecule has 0 saturated heterocycles. The number of nitrogens with one attached hydrogen (secondary N) is 2. The molecule has 23 heavy (non-hydrogen) atoms. The number of fused-ring (bicyclic) bond motifs is 1. The molecule has 0 spiro atoms. The minimum Gasteiger partial charge on any atom is -0.479 e. The number of benzene rings is 1. The van der Waals surface area contributed by atoms with E-state index >= 15 is 0 Å². The molecule has 2 N–H and O–H groups in total. The van der Waals surface area contributed by atoms with Crippen LogP contribution < -0.4 is 15.4 Å². The fraction of sp³-hybridized carbons (Fsp3) is 0.500. The van der Waals surface area contributed by atoms with Gasteiger partial charge < -0.3 is 24.8 Å². The molecule has 7 heteroatoms. The number of amides is 2. The van der Waals surface area contributed by atoms with Gasteiger partial charge in [-0.15, -0.1) is 0 Å². The Morgan fingerprint density at radius 2 is 2.22 bits per heavy atom. The number of carbonyl (C=O) groups excluding carboxylic acids is 2. The number of anilines is 2. The third-order valence-corrected chi connectivity index (χ3v) is 3.35. The summed E-state index contributed by atoms with van der Waals surface area (Å²) < 4.78 is 16.0. The highest BCUT2D eigenvalue weighted by molar-refractivity contribution is 5.99. The highest BCUT2D eigenvalue weighted by atomic mass is 16.5. The van der Waals surface area contributed by atoms with E-state index in [0.29, 0.717) is 36.9 Å². The third kappa shape index (κ3) is 4.67. The molecule has 1 aromatic rings. The van der Waals surface area contributed by atoms with Gasteiger partial charge in [0.05, 0.1) is 18.9 Å². The van der Waals surface area contributed by atoms with E-state index in [4.69, 9.17) is 14.2 Å². The zero-order chi connectivity index (χ0) is 16.8. The zero-order valence-corrected chi connectivity index (χ0v) is 13.5. The number of ether oxygens (including phenoxy) is 3. The number of rotatable bonds is 7. The molecule has 0 aliphatic carbocycles. The molecule has 2 rings (SSSR count). The fourth-order valence-electron chi connectivity index (χ4n) is 2.03. The molecule has 7 nitrogen and oxygen atoms in total. The maximum absolute atomic E-state index is 12.1. The lowest BCUT2D eigenvalue weighted by Crippen LogP contribution is -2.34.